The normalized spacial score (nSPS) is 28.5. The maximum atomic E-state index is 10.7. The summed E-state index contributed by atoms with van der Waals surface area (Å²) in [5.41, 5.74) is 0.637. The Morgan fingerprint density at radius 1 is 1.14 bits per heavy atom. The van der Waals surface area contributed by atoms with Gasteiger partial charge in [-0.25, -0.2) is 0 Å². The minimum Gasteiger partial charge on any atom is -0.487 e. The van der Waals surface area contributed by atoms with Crippen LogP contribution in [-0.4, -0.2) is 36.1 Å². The fourth-order valence-corrected chi connectivity index (χ4v) is 3.92. The van der Waals surface area contributed by atoms with Crippen LogP contribution < -0.4 is 10.1 Å². The molecule has 3 aliphatic rings. The number of nitrogens with one attached hydrogen (secondary N) is 1. The van der Waals surface area contributed by atoms with Gasteiger partial charge in [0.15, 0.2) is 0 Å². The molecule has 4 heteroatoms. The van der Waals surface area contributed by atoms with E-state index in [1.54, 1.807) is 0 Å². The second-order valence-electron chi connectivity index (χ2n) is 7.15. The van der Waals surface area contributed by atoms with E-state index < -0.39 is 5.60 Å². The molecule has 0 aromatic heterocycles. The average Bonchev–Trinajstić information content (AvgIpc) is 2.51. The first-order chi connectivity index (χ1) is 10.7. The Kier molecular flexibility index (Phi) is 3.63. The highest BCUT2D eigenvalue weighted by molar-refractivity contribution is 5.39. The van der Waals surface area contributed by atoms with Crippen molar-refractivity contribution in [1.82, 2.24) is 5.32 Å². The topological polar surface area (TPSA) is 50.7 Å². The van der Waals surface area contributed by atoms with Crippen LogP contribution in [0.4, 0.5) is 0 Å². The highest BCUT2D eigenvalue weighted by Crippen LogP contribution is 2.48. The van der Waals surface area contributed by atoms with Crippen LogP contribution in [0, 0.1) is 0 Å². The number of aliphatic hydroxyl groups is 1. The molecule has 1 aliphatic carbocycles. The van der Waals surface area contributed by atoms with Crippen LogP contribution >= 0.6 is 0 Å². The van der Waals surface area contributed by atoms with E-state index in [0.29, 0.717) is 19.8 Å². The van der Waals surface area contributed by atoms with Crippen molar-refractivity contribution in [2.24, 2.45) is 0 Å². The highest BCUT2D eigenvalue weighted by Gasteiger charge is 2.45. The molecule has 0 amide bonds. The van der Waals surface area contributed by atoms with Crippen LogP contribution in [0.3, 0.4) is 0 Å². The van der Waals surface area contributed by atoms with Crippen LogP contribution in [0.5, 0.6) is 5.75 Å². The van der Waals surface area contributed by atoms with Crippen LogP contribution in [-0.2, 0) is 4.74 Å². The van der Waals surface area contributed by atoms with Gasteiger partial charge in [0.05, 0.1) is 5.60 Å². The van der Waals surface area contributed by atoms with Crippen LogP contribution in [0.15, 0.2) is 24.3 Å². The van der Waals surface area contributed by atoms with Gasteiger partial charge in [-0.05, 0) is 25.3 Å². The van der Waals surface area contributed by atoms with Crippen molar-refractivity contribution in [2.75, 3.05) is 19.8 Å². The van der Waals surface area contributed by atoms with Gasteiger partial charge in [0.2, 0.25) is 0 Å². The Labute approximate surface area is 131 Å². The van der Waals surface area contributed by atoms with Gasteiger partial charge in [-0.1, -0.05) is 18.2 Å². The maximum absolute atomic E-state index is 10.7. The van der Waals surface area contributed by atoms with Gasteiger partial charge in [0.25, 0.3) is 0 Å². The number of hydrogen-bond acceptors (Lipinski definition) is 4. The summed E-state index contributed by atoms with van der Waals surface area (Å²) in [6.07, 6.45) is 6.01. The molecule has 1 aromatic rings. The molecule has 120 valence electrons. The molecule has 22 heavy (non-hydrogen) atoms. The molecule has 2 heterocycles. The van der Waals surface area contributed by atoms with E-state index >= 15 is 0 Å². The van der Waals surface area contributed by atoms with Crippen LogP contribution in [0.1, 0.15) is 50.1 Å². The van der Waals surface area contributed by atoms with Gasteiger partial charge in [-0.3, -0.25) is 0 Å². The lowest BCUT2D eigenvalue weighted by molar-refractivity contribution is -0.0693. The van der Waals surface area contributed by atoms with E-state index in [1.165, 1.54) is 12.0 Å². The number of hydrogen-bond donors (Lipinski definition) is 2. The predicted molar refractivity (Wildman–Crippen MR) is 84.0 cm³/mol. The molecule has 1 saturated heterocycles. The predicted octanol–water partition coefficient (Wildman–Crippen LogP) is 2.56. The zero-order valence-corrected chi connectivity index (χ0v) is 13.0. The SMILES string of the molecule is OC1(CNC2CC3(CCC3)Oc3ccccc32)CCOCC1. The quantitative estimate of drug-likeness (QED) is 0.901. The van der Waals surface area contributed by atoms with Gasteiger partial charge in [0, 0.05) is 50.6 Å². The molecule has 2 fully saturated rings. The summed E-state index contributed by atoms with van der Waals surface area (Å²) in [5.74, 6) is 1.02. The second-order valence-corrected chi connectivity index (χ2v) is 7.15. The fraction of sp³-hybridized carbons (Fsp3) is 0.667. The first kappa shape index (κ1) is 14.5. The number of para-hydroxylation sites is 1. The number of fused-ring (bicyclic) bond motifs is 1. The summed E-state index contributed by atoms with van der Waals surface area (Å²) in [5, 5.41) is 14.3. The molecule has 2 N–H and O–H groups in total. The largest absolute Gasteiger partial charge is 0.487 e. The molecule has 1 aromatic carbocycles. The lowest BCUT2D eigenvalue weighted by Crippen LogP contribution is -2.51. The third kappa shape index (κ3) is 2.64. The molecule has 2 aliphatic heterocycles. The Balaban J connectivity index is 1.50. The molecular formula is C18H25NO3. The zero-order chi connectivity index (χ0) is 15.0. The fourth-order valence-electron chi connectivity index (χ4n) is 3.92. The molecule has 1 saturated carbocycles. The van der Waals surface area contributed by atoms with Gasteiger partial charge in [-0.2, -0.15) is 0 Å². The molecule has 1 spiro atoms. The number of ether oxygens (including phenoxy) is 2. The molecular weight excluding hydrogens is 278 g/mol. The van der Waals surface area contributed by atoms with E-state index in [4.69, 9.17) is 9.47 Å². The van der Waals surface area contributed by atoms with Crippen LogP contribution in [0.25, 0.3) is 0 Å². The number of benzene rings is 1. The van der Waals surface area contributed by atoms with Crippen molar-refractivity contribution in [3.63, 3.8) is 0 Å². The Hall–Kier alpha value is -1.10. The average molecular weight is 303 g/mol. The van der Waals surface area contributed by atoms with E-state index in [2.05, 4.69) is 23.5 Å². The van der Waals surface area contributed by atoms with Crippen molar-refractivity contribution < 1.29 is 14.6 Å². The monoisotopic (exact) mass is 303 g/mol. The van der Waals surface area contributed by atoms with E-state index in [9.17, 15) is 5.11 Å². The molecule has 4 rings (SSSR count). The van der Waals surface area contributed by atoms with Crippen molar-refractivity contribution in [1.29, 1.82) is 0 Å². The van der Waals surface area contributed by atoms with Gasteiger partial charge < -0.3 is 19.9 Å². The zero-order valence-electron chi connectivity index (χ0n) is 13.0. The lowest BCUT2D eigenvalue weighted by Gasteiger charge is -2.48. The molecule has 0 bridgehead atoms. The minimum atomic E-state index is -0.627. The summed E-state index contributed by atoms with van der Waals surface area (Å²) in [4.78, 5) is 0. The molecule has 0 radical (unpaired) electrons. The molecule has 4 nitrogen and oxygen atoms in total. The summed E-state index contributed by atoms with van der Waals surface area (Å²) < 4.78 is 11.6. The van der Waals surface area contributed by atoms with Gasteiger partial charge in [-0.15, -0.1) is 0 Å². The van der Waals surface area contributed by atoms with E-state index in [1.807, 2.05) is 6.07 Å². The summed E-state index contributed by atoms with van der Waals surface area (Å²) in [6, 6.07) is 8.61. The second kappa shape index (κ2) is 5.52. The van der Waals surface area contributed by atoms with Crippen molar-refractivity contribution >= 4 is 0 Å². The molecule has 1 atom stereocenters. The summed E-state index contributed by atoms with van der Waals surface area (Å²) in [7, 11) is 0. The van der Waals surface area contributed by atoms with Crippen molar-refractivity contribution in [2.45, 2.75) is 55.8 Å². The molecule has 1 unspecified atom stereocenters. The standard InChI is InChI=1S/C18H25NO3/c20-17(8-10-21-11-9-17)13-19-15-12-18(6-3-7-18)22-16-5-2-1-4-14(15)16/h1-2,4-5,15,19-20H,3,6-13H2. The smallest absolute Gasteiger partial charge is 0.124 e. The Morgan fingerprint density at radius 3 is 2.64 bits per heavy atom. The maximum Gasteiger partial charge on any atom is 0.124 e. The van der Waals surface area contributed by atoms with Crippen molar-refractivity contribution in [3.8, 4) is 5.75 Å². The van der Waals surface area contributed by atoms with Gasteiger partial charge in [0.1, 0.15) is 11.4 Å². The van der Waals surface area contributed by atoms with Crippen LogP contribution in [0.2, 0.25) is 0 Å². The number of rotatable bonds is 3. The highest BCUT2D eigenvalue weighted by atomic mass is 16.5. The Bertz CT molecular complexity index is 535. The van der Waals surface area contributed by atoms with E-state index in [-0.39, 0.29) is 11.6 Å². The summed E-state index contributed by atoms with van der Waals surface area (Å²) >= 11 is 0. The van der Waals surface area contributed by atoms with E-state index in [0.717, 1.165) is 37.9 Å². The van der Waals surface area contributed by atoms with Gasteiger partial charge >= 0.3 is 0 Å². The first-order valence-corrected chi connectivity index (χ1v) is 8.50. The first-order valence-electron chi connectivity index (χ1n) is 8.50. The lowest BCUT2D eigenvalue weighted by atomic mass is 9.73. The Morgan fingerprint density at radius 2 is 1.91 bits per heavy atom. The third-order valence-corrected chi connectivity index (χ3v) is 5.56. The third-order valence-electron chi connectivity index (χ3n) is 5.56. The minimum absolute atomic E-state index is 0.0321. The van der Waals surface area contributed by atoms with Crippen molar-refractivity contribution in [3.05, 3.63) is 29.8 Å². The summed E-state index contributed by atoms with van der Waals surface area (Å²) in [6.45, 7) is 1.95.